The van der Waals surface area contributed by atoms with Crippen molar-refractivity contribution in [1.82, 2.24) is 19.9 Å². The molecule has 1 amide bonds. The van der Waals surface area contributed by atoms with Crippen LogP contribution in [0.3, 0.4) is 0 Å². The molecule has 1 aliphatic heterocycles. The summed E-state index contributed by atoms with van der Waals surface area (Å²) in [5, 5.41) is 7.65. The maximum Gasteiger partial charge on any atom is 0.246 e. The molecule has 2 heterocycles. The van der Waals surface area contributed by atoms with Crippen molar-refractivity contribution in [2.75, 3.05) is 13.1 Å². The Morgan fingerprint density at radius 2 is 2.00 bits per heavy atom. The largest absolute Gasteiger partial charge is 0.337 e. The summed E-state index contributed by atoms with van der Waals surface area (Å²) in [6.07, 6.45) is 3.13. The summed E-state index contributed by atoms with van der Waals surface area (Å²) < 4.78 is 0. The van der Waals surface area contributed by atoms with E-state index in [1.807, 2.05) is 0 Å². The van der Waals surface area contributed by atoms with Crippen molar-refractivity contribution < 1.29 is 4.79 Å². The van der Waals surface area contributed by atoms with E-state index < -0.39 is 0 Å². The molecule has 2 rings (SSSR count). The van der Waals surface area contributed by atoms with Crippen LogP contribution in [0.4, 0.5) is 0 Å². The van der Waals surface area contributed by atoms with Crippen LogP contribution in [0.2, 0.25) is 0 Å². The Kier molecular flexibility index (Phi) is 1.34. The highest BCUT2D eigenvalue weighted by atomic mass is 16.2. The van der Waals surface area contributed by atoms with E-state index in [4.69, 9.17) is 0 Å². The molecule has 5 heteroatoms. The van der Waals surface area contributed by atoms with Crippen LogP contribution < -0.4 is 0 Å². The van der Waals surface area contributed by atoms with Crippen molar-refractivity contribution >= 4 is 5.91 Å². The second-order valence-electron chi connectivity index (χ2n) is 2.44. The van der Waals surface area contributed by atoms with Gasteiger partial charge in [0, 0.05) is 13.1 Å². The number of carbonyl (C=O) groups excluding carboxylic acids is 1. The second-order valence-corrected chi connectivity index (χ2v) is 2.44. The number of rotatable bonds is 2. The van der Waals surface area contributed by atoms with Gasteiger partial charge in [0.2, 0.25) is 5.91 Å². The molecule has 0 saturated carbocycles. The zero-order valence-corrected chi connectivity index (χ0v) is 5.97. The fourth-order valence-electron chi connectivity index (χ4n) is 0.845. The monoisotopic (exact) mass is 152 g/mol. The Morgan fingerprint density at radius 3 is 2.55 bits per heavy atom. The molecule has 1 aromatic rings. The quantitative estimate of drug-likeness (QED) is 0.517. The number of amides is 1. The highest BCUT2D eigenvalue weighted by Crippen LogP contribution is 2.03. The smallest absolute Gasteiger partial charge is 0.246 e. The van der Waals surface area contributed by atoms with Gasteiger partial charge in [0.1, 0.15) is 6.54 Å². The van der Waals surface area contributed by atoms with E-state index >= 15 is 0 Å². The predicted molar refractivity (Wildman–Crippen MR) is 36.6 cm³/mol. The van der Waals surface area contributed by atoms with Crippen LogP contribution in [-0.2, 0) is 11.3 Å². The first-order valence-electron chi connectivity index (χ1n) is 3.48. The number of hydrogen-bond acceptors (Lipinski definition) is 3. The van der Waals surface area contributed by atoms with Gasteiger partial charge < -0.3 is 4.90 Å². The maximum absolute atomic E-state index is 11.1. The highest BCUT2D eigenvalue weighted by Gasteiger charge is 2.24. The zero-order chi connectivity index (χ0) is 7.68. The Balaban J connectivity index is 1.94. The van der Waals surface area contributed by atoms with E-state index in [1.54, 1.807) is 17.3 Å². The zero-order valence-electron chi connectivity index (χ0n) is 5.97. The van der Waals surface area contributed by atoms with Gasteiger partial charge in [0.05, 0.1) is 12.4 Å². The third kappa shape index (κ3) is 1.36. The van der Waals surface area contributed by atoms with E-state index in [2.05, 4.69) is 10.2 Å². The summed E-state index contributed by atoms with van der Waals surface area (Å²) in [4.78, 5) is 14.2. The number of carbonyl (C=O) groups is 1. The Labute approximate surface area is 63.6 Å². The molecule has 1 aromatic heterocycles. The van der Waals surface area contributed by atoms with E-state index in [-0.39, 0.29) is 12.5 Å². The van der Waals surface area contributed by atoms with Crippen LogP contribution in [0.1, 0.15) is 0 Å². The maximum atomic E-state index is 11.1. The standard InChI is InChI=1S/C6H8N4O/c11-6(9-3-4-9)5-10-7-1-2-8-10/h1-2H,3-5H2. The third-order valence-electron chi connectivity index (χ3n) is 1.54. The molecule has 1 aliphatic rings. The minimum absolute atomic E-state index is 0.0983. The van der Waals surface area contributed by atoms with Crippen molar-refractivity contribution in [3.05, 3.63) is 12.4 Å². The lowest BCUT2D eigenvalue weighted by molar-refractivity contribution is -0.126. The van der Waals surface area contributed by atoms with E-state index in [9.17, 15) is 4.79 Å². The second kappa shape index (κ2) is 2.34. The molecule has 0 radical (unpaired) electrons. The first-order chi connectivity index (χ1) is 5.36. The lowest BCUT2D eigenvalue weighted by Crippen LogP contribution is -2.19. The van der Waals surface area contributed by atoms with Crippen LogP contribution in [0.15, 0.2) is 12.4 Å². The third-order valence-corrected chi connectivity index (χ3v) is 1.54. The molecule has 5 nitrogen and oxygen atoms in total. The topological polar surface area (TPSA) is 50.8 Å². The summed E-state index contributed by atoms with van der Waals surface area (Å²) in [6.45, 7) is 2.05. The molecule has 0 atom stereocenters. The van der Waals surface area contributed by atoms with E-state index in [1.165, 1.54) is 4.80 Å². The van der Waals surface area contributed by atoms with E-state index in [0.29, 0.717) is 0 Å². The molecule has 0 unspecified atom stereocenters. The summed E-state index contributed by atoms with van der Waals surface area (Å²) in [5.41, 5.74) is 0. The van der Waals surface area contributed by atoms with Crippen LogP contribution in [-0.4, -0.2) is 38.9 Å². The van der Waals surface area contributed by atoms with Crippen LogP contribution in [0.25, 0.3) is 0 Å². The van der Waals surface area contributed by atoms with Crippen molar-refractivity contribution in [3.63, 3.8) is 0 Å². The minimum Gasteiger partial charge on any atom is -0.337 e. The van der Waals surface area contributed by atoms with Gasteiger partial charge in [-0.3, -0.25) is 4.79 Å². The average Bonchev–Trinajstić information content (AvgIpc) is 2.73. The first kappa shape index (κ1) is 6.33. The average molecular weight is 152 g/mol. The number of aromatic nitrogens is 3. The van der Waals surface area contributed by atoms with Crippen LogP contribution in [0.5, 0.6) is 0 Å². The van der Waals surface area contributed by atoms with Crippen molar-refractivity contribution in [3.8, 4) is 0 Å². The Bertz CT molecular complexity index is 252. The Morgan fingerprint density at radius 1 is 1.36 bits per heavy atom. The predicted octanol–water partition coefficient (Wildman–Crippen LogP) is -0.880. The number of hydrogen-bond donors (Lipinski definition) is 0. The normalized spacial score (nSPS) is 15.1. The minimum atomic E-state index is 0.0983. The van der Waals surface area contributed by atoms with E-state index in [0.717, 1.165) is 13.1 Å². The molecule has 58 valence electrons. The molecule has 0 aromatic carbocycles. The summed E-state index contributed by atoms with van der Waals surface area (Å²) in [5.74, 6) is 0.0983. The lowest BCUT2D eigenvalue weighted by atomic mass is 10.6. The molecule has 0 bridgehead atoms. The van der Waals surface area contributed by atoms with Crippen LogP contribution >= 0.6 is 0 Å². The summed E-state index contributed by atoms with van der Waals surface area (Å²) >= 11 is 0. The van der Waals surface area contributed by atoms with Crippen molar-refractivity contribution in [1.29, 1.82) is 0 Å². The SMILES string of the molecule is O=C(Cn1nccn1)N1CC1. The molecule has 0 N–H and O–H groups in total. The number of nitrogens with zero attached hydrogens (tertiary/aromatic N) is 4. The molecule has 1 saturated heterocycles. The van der Waals surface area contributed by atoms with Crippen molar-refractivity contribution in [2.24, 2.45) is 0 Å². The van der Waals surface area contributed by atoms with Crippen molar-refractivity contribution in [2.45, 2.75) is 6.54 Å². The van der Waals surface area contributed by atoms with Gasteiger partial charge in [-0.1, -0.05) is 0 Å². The van der Waals surface area contributed by atoms with Gasteiger partial charge >= 0.3 is 0 Å². The molecule has 0 aliphatic carbocycles. The Hall–Kier alpha value is -1.39. The molecular weight excluding hydrogens is 144 g/mol. The molecular formula is C6H8N4O. The fraction of sp³-hybridized carbons (Fsp3) is 0.500. The first-order valence-corrected chi connectivity index (χ1v) is 3.48. The lowest BCUT2D eigenvalue weighted by Gasteiger charge is -1.98. The van der Waals surface area contributed by atoms with Gasteiger partial charge in [-0.2, -0.15) is 15.0 Å². The highest BCUT2D eigenvalue weighted by molar-refractivity contribution is 5.77. The summed E-state index contributed by atoms with van der Waals surface area (Å²) in [6, 6.07) is 0. The molecule has 11 heavy (non-hydrogen) atoms. The molecule has 0 spiro atoms. The van der Waals surface area contributed by atoms with Crippen LogP contribution in [0, 0.1) is 0 Å². The van der Waals surface area contributed by atoms with Gasteiger partial charge in [0.25, 0.3) is 0 Å². The fourth-order valence-corrected chi connectivity index (χ4v) is 0.845. The molecule has 1 fully saturated rings. The van der Waals surface area contributed by atoms with Gasteiger partial charge in [-0.05, 0) is 0 Å². The van der Waals surface area contributed by atoms with Gasteiger partial charge in [-0.15, -0.1) is 0 Å². The van der Waals surface area contributed by atoms with Gasteiger partial charge in [-0.25, -0.2) is 0 Å². The van der Waals surface area contributed by atoms with Gasteiger partial charge in [0.15, 0.2) is 0 Å². The summed E-state index contributed by atoms with van der Waals surface area (Å²) in [7, 11) is 0.